The first-order valence-electron chi connectivity index (χ1n) is 9.19. The Kier molecular flexibility index (Phi) is 9.00. The van der Waals surface area contributed by atoms with Crippen molar-refractivity contribution in [3.8, 4) is 0 Å². The van der Waals surface area contributed by atoms with E-state index in [2.05, 4.69) is 27.8 Å². The summed E-state index contributed by atoms with van der Waals surface area (Å²) in [5.74, 6) is 0.912. The molecule has 0 aromatic heterocycles. The Balaban J connectivity index is 0.00000261. The number of guanidine groups is 1. The van der Waals surface area contributed by atoms with Gasteiger partial charge in [-0.2, -0.15) is 0 Å². The molecule has 2 aromatic rings. The standard InChI is InChI=1S/C21H26FN3O.HI/c1-2-23-21(24-14-16-7-6-10-19(22)13-16)25-15-18-11-12-26-20(18)17-8-4-3-5-9-17;/h3-10,13,18,20H,2,11-12,14-15H2,1H3,(H2,23,24,25);1H. The third kappa shape index (κ3) is 6.46. The van der Waals surface area contributed by atoms with E-state index in [-0.39, 0.29) is 35.9 Å². The van der Waals surface area contributed by atoms with Gasteiger partial charge in [0.1, 0.15) is 5.82 Å². The first kappa shape index (κ1) is 21.6. The summed E-state index contributed by atoms with van der Waals surface area (Å²) in [5.41, 5.74) is 2.08. The third-order valence-corrected chi connectivity index (χ3v) is 4.53. The zero-order valence-corrected chi connectivity index (χ0v) is 17.9. The van der Waals surface area contributed by atoms with Crippen LogP contribution in [0.5, 0.6) is 0 Å². The molecule has 1 aliphatic heterocycles. The molecule has 1 saturated heterocycles. The van der Waals surface area contributed by atoms with Crippen LogP contribution in [-0.2, 0) is 11.3 Å². The number of aliphatic imine (C=N–C) groups is 1. The molecule has 6 heteroatoms. The molecule has 0 bridgehead atoms. The van der Waals surface area contributed by atoms with E-state index in [9.17, 15) is 4.39 Å². The third-order valence-electron chi connectivity index (χ3n) is 4.53. The number of benzene rings is 2. The van der Waals surface area contributed by atoms with E-state index in [0.29, 0.717) is 12.5 Å². The summed E-state index contributed by atoms with van der Waals surface area (Å²) in [6.07, 6.45) is 1.14. The maximum Gasteiger partial charge on any atom is 0.191 e. The van der Waals surface area contributed by atoms with Gasteiger partial charge in [-0.25, -0.2) is 9.38 Å². The van der Waals surface area contributed by atoms with Crippen LogP contribution < -0.4 is 10.6 Å². The molecule has 1 fully saturated rings. The average molecular weight is 483 g/mol. The molecule has 0 aliphatic carbocycles. The second-order valence-corrected chi connectivity index (χ2v) is 6.46. The normalized spacial score (nSPS) is 19.4. The molecule has 2 unspecified atom stereocenters. The van der Waals surface area contributed by atoms with Gasteiger partial charge in [0.05, 0.1) is 12.6 Å². The van der Waals surface area contributed by atoms with Crippen LogP contribution in [0.25, 0.3) is 0 Å². The first-order valence-corrected chi connectivity index (χ1v) is 9.19. The van der Waals surface area contributed by atoms with Gasteiger partial charge in [0, 0.05) is 25.6 Å². The number of rotatable bonds is 6. The lowest BCUT2D eigenvalue weighted by Crippen LogP contribution is -2.40. The minimum Gasteiger partial charge on any atom is -0.373 e. The van der Waals surface area contributed by atoms with Crippen molar-refractivity contribution in [3.05, 3.63) is 71.5 Å². The van der Waals surface area contributed by atoms with Gasteiger partial charge in [-0.1, -0.05) is 42.5 Å². The van der Waals surface area contributed by atoms with Crippen LogP contribution in [0.1, 0.15) is 30.6 Å². The molecule has 2 aromatic carbocycles. The van der Waals surface area contributed by atoms with Crippen LogP contribution in [0.4, 0.5) is 4.39 Å². The topological polar surface area (TPSA) is 45.7 Å². The Morgan fingerprint density at radius 3 is 2.70 bits per heavy atom. The molecule has 146 valence electrons. The fraction of sp³-hybridized carbons (Fsp3) is 0.381. The second-order valence-electron chi connectivity index (χ2n) is 6.46. The van der Waals surface area contributed by atoms with Crippen LogP contribution in [0, 0.1) is 11.7 Å². The molecule has 3 rings (SSSR count). The van der Waals surface area contributed by atoms with Crippen LogP contribution in [0.15, 0.2) is 59.6 Å². The molecular formula is C21H27FIN3O. The molecule has 1 aliphatic rings. The average Bonchev–Trinajstić information content (AvgIpc) is 3.13. The molecule has 0 saturated carbocycles. The molecule has 0 spiro atoms. The van der Waals surface area contributed by atoms with E-state index in [4.69, 9.17) is 4.74 Å². The van der Waals surface area contributed by atoms with Gasteiger partial charge in [0.25, 0.3) is 0 Å². The minimum atomic E-state index is -0.232. The van der Waals surface area contributed by atoms with E-state index >= 15 is 0 Å². The van der Waals surface area contributed by atoms with Crippen molar-refractivity contribution in [1.82, 2.24) is 10.6 Å². The number of ether oxygens (including phenoxy) is 1. The van der Waals surface area contributed by atoms with Gasteiger partial charge < -0.3 is 15.4 Å². The zero-order chi connectivity index (χ0) is 18.2. The molecule has 1 heterocycles. The maximum atomic E-state index is 13.3. The Hall–Kier alpha value is -1.67. The van der Waals surface area contributed by atoms with Crippen molar-refractivity contribution in [3.63, 3.8) is 0 Å². The summed E-state index contributed by atoms with van der Waals surface area (Å²) in [6, 6.07) is 16.9. The quantitative estimate of drug-likeness (QED) is 0.367. The number of nitrogens with zero attached hydrogens (tertiary/aromatic N) is 1. The Morgan fingerprint density at radius 1 is 1.15 bits per heavy atom. The second kappa shape index (κ2) is 11.2. The molecular weight excluding hydrogens is 456 g/mol. The highest BCUT2D eigenvalue weighted by Crippen LogP contribution is 2.33. The van der Waals surface area contributed by atoms with Crippen LogP contribution in [0.2, 0.25) is 0 Å². The SMILES string of the molecule is CCNC(=NCc1cccc(F)c1)NCC1CCOC1c1ccccc1.I. The summed E-state index contributed by atoms with van der Waals surface area (Å²) in [4.78, 5) is 4.57. The monoisotopic (exact) mass is 483 g/mol. The van der Waals surface area contributed by atoms with E-state index in [0.717, 1.165) is 37.6 Å². The van der Waals surface area contributed by atoms with E-state index in [1.807, 2.05) is 31.2 Å². The highest BCUT2D eigenvalue weighted by atomic mass is 127. The Morgan fingerprint density at radius 2 is 1.96 bits per heavy atom. The number of hydrogen-bond donors (Lipinski definition) is 2. The maximum absolute atomic E-state index is 13.3. The van der Waals surface area contributed by atoms with Crippen LogP contribution in [-0.4, -0.2) is 25.7 Å². The lowest BCUT2D eigenvalue weighted by Gasteiger charge is -2.20. The van der Waals surface area contributed by atoms with Crippen molar-refractivity contribution in [2.24, 2.45) is 10.9 Å². The van der Waals surface area contributed by atoms with Gasteiger partial charge >= 0.3 is 0 Å². The van der Waals surface area contributed by atoms with Crippen LogP contribution in [0.3, 0.4) is 0 Å². The van der Waals surface area contributed by atoms with E-state index in [1.54, 1.807) is 6.07 Å². The van der Waals surface area contributed by atoms with Gasteiger partial charge in [-0.15, -0.1) is 24.0 Å². The molecule has 2 N–H and O–H groups in total. The summed E-state index contributed by atoms with van der Waals surface area (Å²) in [5, 5.41) is 6.66. The highest BCUT2D eigenvalue weighted by molar-refractivity contribution is 14.0. The summed E-state index contributed by atoms with van der Waals surface area (Å²) >= 11 is 0. The zero-order valence-electron chi connectivity index (χ0n) is 15.5. The Labute approximate surface area is 177 Å². The lowest BCUT2D eigenvalue weighted by molar-refractivity contribution is 0.0915. The summed E-state index contributed by atoms with van der Waals surface area (Å²) < 4.78 is 19.2. The van der Waals surface area contributed by atoms with Gasteiger partial charge in [0.2, 0.25) is 0 Å². The fourth-order valence-corrected chi connectivity index (χ4v) is 3.23. The van der Waals surface area contributed by atoms with Crippen molar-refractivity contribution in [1.29, 1.82) is 0 Å². The van der Waals surface area contributed by atoms with Crippen molar-refractivity contribution >= 4 is 29.9 Å². The van der Waals surface area contributed by atoms with Gasteiger partial charge in [0.15, 0.2) is 5.96 Å². The Bertz CT molecular complexity index is 726. The van der Waals surface area contributed by atoms with Crippen molar-refractivity contribution in [2.45, 2.75) is 26.0 Å². The number of hydrogen-bond acceptors (Lipinski definition) is 2. The smallest absolute Gasteiger partial charge is 0.191 e. The molecule has 27 heavy (non-hydrogen) atoms. The van der Waals surface area contributed by atoms with E-state index < -0.39 is 0 Å². The predicted octanol–water partition coefficient (Wildman–Crippen LogP) is 4.28. The number of halogens is 2. The van der Waals surface area contributed by atoms with E-state index in [1.165, 1.54) is 17.7 Å². The van der Waals surface area contributed by atoms with Crippen molar-refractivity contribution in [2.75, 3.05) is 19.7 Å². The van der Waals surface area contributed by atoms with Crippen LogP contribution >= 0.6 is 24.0 Å². The van der Waals surface area contributed by atoms with Gasteiger partial charge in [-0.05, 0) is 36.6 Å². The van der Waals surface area contributed by atoms with Crippen molar-refractivity contribution < 1.29 is 9.13 Å². The molecule has 0 amide bonds. The minimum absolute atomic E-state index is 0. The molecule has 2 atom stereocenters. The summed E-state index contributed by atoms with van der Waals surface area (Å²) in [6.45, 7) is 4.82. The lowest BCUT2D eigenvalue weighted by atomic mass is 9.95. The predicted molar refractivity (Wildman–Crippen MR) is 118 cm³/mol. The molecule has 4 nitrogen and oxygen atoms in total. The first-order chi connectivity index (χ1) is 12.8. The molecule has 0 radical (unpaired) electrons. The van der Waals surface area contributed by atoms with Gasteiger partial charge in [-0.3, -0.25) is 0 Å². The largest absolute Gasteiger partial charge is 0.373 e. The summed E-state index contributed by atoms with van der Waals surface area (Å²) in [7, 11) is 0. The fourth-order valence-electron chi connectivity index (χ4n) is 3.23. The number of nitrogens with one attached hydrogen (secondary N) is 2. The highest BCUT2D eigenvalue weighted by Gasteiger charge is 2.29.